The first-order valence-corrected chi connectivity index (χ1v) is 11.8. The zero-order valence-electron chi connectivity index (χ0n) is 18.6. The van der Waals surface area contributed by atoms with Gasteiger partial charge in [-0.1, -0.05) is 6.92 Å². The van der Waals surface area contributed by atoms with Gasteiger partial charge in [-0.15, -0.1) is 0 Å². The summed E-state index contributed by atoms with van der Waals surface area (Å²) in [6, 6.07) is 4.52. The molecule has 30 heavy (non-hydrogen) atoms. The Morgan fingerprint density at radius 2 is 2.10 bits per heavy atom. The van der Waals surface area contributed by atoms with Crippen LogP contribution in [0.5, 0.6) is 0 Å². The second kappa shape index (κ2) is 13.7. The number of furan rings is 1. The van der Waals surface area contributed by atoms with Gasteiger partial charge in [-0.25, -0.2) is 0 Å². The monoisotopic (exact) mass is 420 g/mol. The first kappa shape index (κ1) is 23.1. The molecule has 0 saturated carbocycles. The van der Waals surface area contributed by atoms with Crippen molar-refractivity contribution in [1.82, 2.24) is 15.5 Å². The first-order chi connectivity index (χ1) is 14.8. The maximum Gasteiger partial charge on any atom is 0.191 e. The van der Waals surface area contributed by atoms with Gasteiger partial charge in [0.2, 0.25) is 0 Å². The Hall–Kier alpha value is -1.57. The lowest BCUT2D eigenvalue weighted by molar-refractivity contribution is 0.0203. The Bertz CT molecular complexity index is 587. The maximum absolute atomic E-state index is 5.88. The highest BCUT2D eigenvalue weighted by Gasteiger charge is 2.22. The molecule has 0 amide bonds. The molecular formula is C23H40N4O3. The van der Waals surface area contributed by atoms with Gasteiger partial charge in [0, 0.05) is 52.0 Å². The van der Waals surface area contributed by atoms with E-state index < -0.39 is 0 Å². The second-order valence-electron chi connectivity index (χ2n) is 8.28. The van der Waals surface area contributed by atoms with E-state index in [0.29, 0.717) is 12.0 Å². The van der Waals surface area contributed by atoms with Crippen molar-refractivity contribution in [3.63, 3.8) is 0 Å². The normalized spacial score (nSPS) is 21.2. The van der Waals surface area contributed by atoms with Crippen LogP contribution in [0.25, 0.3) is 0 Å². The summed E-state index contributed by atoms with van der Waals surface area (Å²) in [6.07, 6.45) is 8.35. The number of hydrogen-bond acceptors (Lipinski definition) is 5. The highest BCUT2D eigenvalue weighted by atomic mass is 16.5. The predicted molar refractivity (Wildman–Crippen MR) is 120 cm³/mol. The molecule has 1 aromatic heterocycles. The minimum Gasteiger partial charge on any atom is -0.469 e. The Kier molecular flexibility index (Phi) is 10.5. The molecule has 1 aromatic rings. The summed E-state index contributed by atoms with van der Waals surface area (Å²) in [5.41, 5.74) is 0. The van der Waals surface area contributed by atoms with Gasteiger partial charge >= 0.3 is 0 Å². The van der Waals surface area contributed by atoms with Crippen LogP contribution in [0.15, 0.2) is 27.8 Å². The smallest absolute Gasteiger partial charge is 0.191 e. The number of nitrogens with one attached hydrogen (secondary N) is 2. The molecular weight excluding hydrogens is 380 g/mol. The van der Waals surface area contributed by atoms with Crippen molar-refractivity contribution >= 4 is 5.96 Å². The molecule has 2 fully saturated rings. The van der Waals surface area contributed by atoms with E-state index >= 15 is 0 Å². The number of ether oxygens (including phenoxy) is 2. The molecule has 2 aliphatic rings. The minimum absolute atomic E-state index is 0.571. The molecule has 0 radical (unpaired) electrons. The number of likely N-dealkylation sites (N-methyl/N-ethyl adjacent to an activating group) is 1. The number of likely N-dealkylation sites (tertiary alicyclic amines) is 1. The van der Waals surface area contributed by atoms with Gasteiger partial charge in [-0.3, -0.25) is 9.89 Å². The first-order valence-electron chi connectivity index (χ1n) is 11.8. The third kappa shape index (κ3) is 8.28. The number of nitrogens with zero attached hydrogens (tertiary/aromatic N) is 2. The molecule has 0 spiro atoms. The molecule has 7 heteroatoms. The number of rotatable bonds is 12. The van der Waals surface area contributed by atoms with E-state index in [0.717, 1.165) is 90.0 Å². The molecule has 7 nitrogen and oxygen atoms in total. The highest BCUT2D eigenvalue weighted by molar-refractivity contribution is 5.79. The summed E-state index contributed by atoms with van der Waals surface area (Å²) in [4.78, 5) is 7.42. The van der Waals surface area contributed by atoms with E-state index in [9.17, 15) is 0 Å². The van der Waals surface area contributed by atoms with Gasteiger partial charge in [0.05, 0.1) is 12.8 Å². The Morgan fingerprint density at radius 3 is 2.90 bits per heavy atom. The van der Waals surface area contributed by atoms with E-state index in [1.807, 2.05) is 12.1 Å². The number of hydrogen-bond donors (Lipinski definition) is 2. The van der Waals surface area contributed by atoms with Gasteiger partial charge < -0.3 is 24.5 Å². The van der Waals surface area contributed by atoms with Gasteiger partial charge in [0.15, 0.2) is 5.96 Å². The zero-order chi connectivity index (χ0) is 20.9. The third-order valence-corrected chi connectivity index (χ3v) is 6.06. The fraction of sp³-hybridized carbons (Fsp3) is 0.783. The molecule has 170 valence electrons. The summed E-state index contributed by atoms with van der Waals surface area (Å²) in [6.45, 7) is 10.5. The average molecular weight is 421 g/mol. The van der Waals surface area contributed by atoms with Crippen LogP contribution in [0, 0.1) is 5.92 Å². The topological polar surface area (TPSA) is 71.3 Å². The van der Waals surface area contributed by atoms with E-state index in [1.165, 1.54) is 19.4 Å². The van der Waals surface area contributed by atoms with E-state index in [4.69, 9.17) is 18.9 Å². The minimum atomic E-state index is 0.571. The molecule has 3 rings (SSSR count). The summed E-state index contributed by atoms with van der Waals surface area (Å²) in [5, 5.41) is 6.95. The van der Waals surface area contributed by atoms with Crippen molar-refractivity contribution < 1.29 is 13.9 Å². The molecule has 1 atom stereocenters. The molecule has 2 N–H and O–H groups in total. The second-order valence-corrected chi connectivity index (χ2v) is 8.28. The summed E-state index contributed by atoms with van der Waals surface area (Å²) in [7, 11) is 0. The summed E-state index contributed by atoms with van der Waals surface area (Å²) in [5.74, 6) is 2.56. The lowest BCUT2D eigenvalue weighted by Crippen LogP contribution is -2.40. The molecule has 3 heterocycles. The van der Waals surface area contributed by atoms with Crippen molar-refractivity contribution in [3.8, 4) is 0 Å². The van der Waals surface area contributed by atoms with Gasteiger partial charge in [-0.05, 0) is 63.2 Å². The van der Waals surface area contributed by atoms with Crippen LogP contribution in [-0.4, -0.2) is 76.1 Å². The predicted octanol–water partition coefficient (Wildman–Crippen LogP) is 2.67. The number of aliphatic imine (C=N–C) groups is 1. The van der Waals surface area contributed by atoms with E-state index in [1.54, 1.807) is 6.26 Å². The van der Waals surface area contributed by atoms with Crippen LogP contribution in [0.2, 0.25) is 0 Å². The maximum atomic E-state index is 5.88. The van der Waals surface area contributed by atoms with Gasteiger partial charge in [0.25, 0.3) is 0 Å². The zero-order valence-corrected chi connectivity index (χ0v) is 18.6. The lowest BCUT2D eigenvalue weighted by Gasteiger charge is -2.22. The van der Waals surface area contributed by atoms with Crippen LogP contribution >= 0.6 is 0 Å². The lowest BCUT2D eigenvalue weighted by atomic mass is 10.0. The van der Waals surface area contributed by atoms with Crippen LogP contribution in [-0.2, 0) is 15.9 Å². The summed E-state index contributed by atoms with van der Waals surface area (Å²) < 4.78 is 16.7. The Balaban J connectivity index is 1.36. The quantitative estimate of drug-likeness (QED) is 0.308. The molecule has 2 aliphatic heterocycles. The van der Waals surface area contributed by atoms with E-state index in [2.05, 4.69) is 22.5 Å². The van der Waals surface area contributed by atoms with Crippen molar-refractivity contribution in [2.24, 2.45) is 10.9 Å². The molecule has 0 aromatic carbocycles. The SMILES string of the molecule is CCN1CCCC1CN=C(NCCCOCC1CCOCC1)NCCc1ccco1. The fourth-order valence-corrected chi connectivity index (χ4v) is 4.19. The van der Waals surface area contributed by atoms with Gasteiger partial charge in [0.1, 0.15) is 5.76 Å². The molecule has 0 aliphatic carbocycles. The third-order valence-electron chi connectivity index (χ3n) is 6.06. The van der Waals surface area contributed by atoms with Crippen LogP contribution < -0.4 is 10.6 Å². The molecule has 2 saturated heterocycles. The van der Waals surface area contributed by atoms with Crippen molar-refractivity contribution in [2.75, 3.05) is 59.2 Å². The van der Waals surface area contributed by atoms with Crippen molar-refractivity contribution in [1.29, 1.82) is 0 Å². The van der Waals surface area contributed by atoms with Crippen molar-refractivity contribution in [2.45, 2.75) is 51.5 Å². The van der Waals surface area contributed by atoms with Crippen molar-refractivity contribution in [3.05, 3.63) is 24.2 Å². The van der Waals surface area contributed by atoms with Crippen LogP contribution in [0.3, 0.4) is 0 Å². The highest BCUT2D eigenvalue weighted by Crippen LogP contribution is 2.16. The standard InChI is InChI=1S/C23H40N4O3/c1-2-27-13-3-6-21(27)18-26-23(25-12-8-22-7-4-15-30-22)24-11-5-14-29-19-20-9-16-28-17-10-20/h4,7,15,20-21H,2-3,5-6,8-14,16-19H2,1H3,(H2,24,25,26). The number of guanidine groups is 1. The largest absolute Gasteiger partial charge is 0.469 e. The Labute approximate surface area is 181 Å². The molecule has 1 unspecified atom stereocenters. The molecule has 0 bridgehead atoms. The average Bonchev–Trinajstić information content (AvgIpc) is 3.46. The van der Waals surface area contributed by atoms with Crippen LogP contribution in [0.4, 0.5) is 0 Å². The van der Waals surface area contributed by atoms with Crippen LogP contribution in [0.1, 0.15) is 44.8 Å². The summed E-state index contributed by atoms with van der Waals surface area (Å²) >= 11 is 0. The fourth-order valence-electron chi connectivity index (χ4n) is 4.19. The van der Waals surface area contributed by atoms with E-state index in [-0.39, 0.29) is 0 Å². The van der Waals surface area contributed by atoms with Gasteiger partial charge in [-0.2, -0.15) is 0 Å². The Morgan fingerprint density at radius 1 is 1.23 bits per heavy atom.